The van der Waals surface area contributed by atoms with E-state index in [0.29, 0.717) is 0 Å². The van der Waals surface area contributed by atoms with Crippen molar-refractivity contribution < 1.29 is 19.4 Å². The SMILES string of the molecule is C[C@H](O)C12c3ccccc3C(c3ccccc31)[C@H]1C(=O)OC(=O)[C@H]12. The van der Waals surface area contributed by atoms with Gasteiger partial charge in [-0.2, -0.15) is 0 Å². The summed E-state index contributed by atoms with van der Waals surface area (Å²) in [5.41, 5.74) is 2.98. The molecule has 1 saturated heterocycles. The van der Waals surface area contributed by atoms with Gasteiger partial charge in [0.2, 0.25) is 0 Å². The van der Waals surface area contributed by atoms with Gasteiger partial charge in [0, 0.05) is 5.92 Å². The topological polar surface area (TPSA) is 63.6 Å². The second-order valence-electron chi connectivity index (χ2n) is 6.94. The van der Waals surface area contributed by atoms with E-state index in [-0.39, 0.29) is 5.92 Å². The molecule has 1 aliphatic heterocycles. The molecule has 24 heavy (non-hydrogen) atoms. The predicted molar refractivity (Wildman–Crippen MR) is 85.3 cm³/mol. The van der Waals surface area contributed by atoms with Crippen LogP contribution in [0.4, 0.5) is 0 Å². The van der Waals surface area contributed by atoms with E-state index in [0.717, 1.165) is 22.3 Å². The van der Waals surface area contributed by atoms with Gasteiger partial charge in [0.05, 0.1) is 23.4 Å². The lowest BCUT2D eigenvalue weighted by atomic mass is 9.46. The maximum atomic E-state index is 12.6. The van der Waals surface area contributed by atoms with Crippen LogP contribution in [0, 0.1) is 11.8 Å². The Kier molecular flexibility index (Phi) is 2.52. The number of aliphatic hydroxyl groups is 1. The number of hydrogen-bond donors (Lipinski definition) is 1. The van der Waals surface area contributed by atoms with Crippen molar-refractivity contribution in [1.82, 2.24) is 0 Å². The molecule has 1 heterocycles. The van der Waals surface area contributed by atoms with E-state index in [1.807, 2.05) is 48.5 Å². The summed E-state index contributed by atoms with van der Waals surface area (Å²) < 4.78 is 5.04. The number of esters is 2. The van der Waals surface area contributed by atoms with E-state index in [1.165, 1.54) is 0 Å². The molecule has 4 nitrogen and oxygen atoms in total. The van der Waals surface area contributed by atoms with E-state index in [4.69, 9.17) is 4.74 Å². The highest BCUT2D eigenvalue weighted by Crippen LogP contribution is 2.64. The Morgan fingerprint density at radius 3 is 2.04 bits per heavy atom. The van der Waals surface area contributed by atoms with Crippen molar-refractivity contribution in [3.63, 3.8) is 0 Å². The summed E-state index contributed by atoms with van der Waals surface area (Å²) in [4.78, 5) is 25.1. The fraction of sp³-hybridized carbons (Fsp3) is 0.300. The van der Waals surface area contributed by atoms with Crippen LogP contribution in [-0.4, -0.2) is 23.1 Å². The van der Waals surface area contributed by atoms with Gasteiger partial charge >= 0.3 is 11.9 Å². The molecule has 4 heteroatoms. The van der Waals surface area contributed by atoms with Crippen molar-refractivity contribution in [2.45, 2.75) is 24.4 Å². The predicted octanol–water partition coefficient (Wildman–Crippen LogP) is 2.13. The van der Waals surface area contributed by atoms with Crippen molar-refractivity contribution in [3.8, 4) is 0 Å². The third-order valence-corrected chi connectivity index (χ3v) is 6.08. The second kappa shape index (κ2) is 4.33. The number of hydrogen-bond acceptors (Lipinski definition) is 4. The van der Waals surface area contributed by atoms with Gasteiger partial charge in [0.25, 0.3) is 0 Å². The van der Waals surface area contributed by atoms with E-state index in [9.17, 15) is 14.7 Å². The minimum atomic E-state index is -0.935. The lowest BCUT2D eigenvalue weighted by Gasteiger charge is -2.54. The van der Waals surface area contributed by atoms with Gasteiger partial charge in [-0.05, 0) is 29.2 Å². The van der Waals surface area contributed by atoms with Crippen LogP contribution in [0.2, 0.25) is 0 Å². The summed E-state index contributed by atoms with van der Waals surface area (Å²) in [5.74, 6) is -2.40. The summed E-state index contributed by atoms with van der Waals surface area (Å²) in [6.07, 6.45) is -0.827. The zero-order chi connectivity index (χ0) is 16.6. The standard InChI is InChI=1S/C20H16O4/c1-10(21)20-13-8-4-2-6-11(13)15(12-7-3-5-9-14(12)20)16-17(20)19(23)24-18(16)22/h2-10,15-17,21H,1H3/t10-,15?,16+,17-,20?/m0/s1. The largest absolute Gasteiger partial charge is 0.393 e. The molecule has 2 bridgehead atoms. The Morgan fingerprint density at radius 2 is 1.50 bits per heavy atom. The Labute approximate surface area is 139 Å². The number of rotatable bonds is 1. The molecule has 3 aliphatic carbocycles. The van der Waals surface area contributed by atoms with Gasteiger partial charge in [-0.3, -0.25) is 9.59 Å². The second-order valence-corrected chi connectivity index (χ2v) is 6.94. The molecule has 2 aromatic rings. The number of benzene rings is 2. The molecular formula is C20H16O4. The van der Waals surface area contributed by atoms with Crippen LogP contribution < -0.4 is 0 Å². The first-order valence-corrected chi connectivity index (χ1v) is 8.21. The maximum absolute atomic E-state index is 12.6. The smallest absolute Gasteiger partial charge is 0.318 e. The average Bonchev–Trinajstić information content (AvgIpc) is 2.90. The van der Waals surface area contributed by atoms with Gasteiger partial charge in [0.1, 0.15) is 0 Å². The molecule has 0 amide bonds. The molecule has 0 saturated carbocycles. The third kappa shape index (κ3) is 1.31. The number of cyclic esters (lactones) is 2. The number of aliphatic hydroxyl groups excluding tert-OH is 1. The Bertz CT molecular complexity index is 851. The molecule has 0 spiro atoms. The molecule has 1 fully saturated rings. The number of carbonyl (C=O) groups is 2. The molecule has 3 atom stereocenters. The molecule has 4 aliphatic rings. The van der Waals surface area contributed by atoms with Crippen LogP contribution in [0.15, 0.2) is 48.5 Å². The normalized spacial score (nSPS) is 33.5. The molecule has 6 rings (SSSR count). The third-order valence-electron chi connectivity index (χ3n) is 6.08. The van der Waals surface area contributed by atoms with Crippen molar-refractivity contribution in [2.24, 2.45) is 11.8 Å². The minimum Gasteiger partial charge on any atom is -0.393 e. The van der Waals surface area contributed by atoms with E-state index >= 15 is 0 Å². The van der Waals surface area contributed by atoms with E-state index in [2.05, 4.69) is 0 Å². The van der Waals surface area contributed by atoms with Crippen LogP contribution in [0.25, 0.3) is 0 Å². The fourth-order valence-electron chi connectivity index (χ4n) is 5.35. The quantitative estimate of drug-likeness (QED) is 0.646. The van der Waals surface area contributed by atoms with Crippen molar-refractivity contribution in [1.29, 1.82) is 0 Å². The van der Waals surface area contributed by atoms with Crippen LogP contribution >= 0.6 is 0 Å². The lowest BCUT2D eigenvalue weighted by molar-refractivity contribution is -0.154. The molecule has 120 valence electrons. The monoisotopic (exact) mass is 320 g/mol. The summed E-state index contributed by atoms with van der Waals surface area (Å²) in [7, 11) is 0. The molecule has 0 unspecified atom stereocenters. The lowest BCUT2D eigenvalue weighted by Crippen LogP contribution is -2.58. The Balaban J connectivity index is 1.97. The first kappa shape index (κ1) is 13.9. The highest BCUT2D eigenvalue weighted by atomic mass is 16.6. The number of ether oxygens (including phenoxy) is 1. The van der Waals surface area contributed by atoms with Gasteiger partial charge in [-0.25, -0.2) is 0 Å². The molecule has 1 N–H and O–H groups in total. The van der Waals surface area contributed by atoms with Crippen LogP contribution in [0.3, 0.4) is 0 Å². The van der Waals surface area contributed by atoms with Crippen molar-refractivity contribution >= 4 is 11.9 Å². The van der Waals surface area contributed by atoms with Crippen molar-refractivity contribution in [3.05, 3.63) is 70.8 Å². The van der Waals surface area contributed by atoms with Gasteiger partial charge in [0.15, 0.2) is 0 Å². The minimum absolute atomic E-state index is 0.193. The zero-order valence-corrected chi connectivity index (χ0v) is 13.1. The molecule has 0 aromatic heterocycles. The van der Waals surface area contributed by atoms with Crippen LogP contribution in [-0.2, 0) is 19.7 Å². The molecular weight excluding hydrogens is 304 g/mol. The first-order valence-electron chi connectivity index (χ1n) is 8.21. The first-order chi connectivity index (χ1) is 11.6. The fourth-order valence-corrected chi connectivity index (χ4v) is 5.35. The highest BCUT2D eigenvalue weighted by Gasteiger charge is 2.68. The maximum Gasteiger partial charge on any atom is 0.318 e. The Morgan fingerprint density at radius 1 is 0.958 bits per heavy atom. The summed E-state index contributed by atoms with van der Waals surface area (Å²) in [5, 5.41) is 10.9. The average molecular weight is 320 g/mol. The van der Waals surface area contributed by atoms with Crippen molar-refractivity contribution in [2.75, 3.05) is 0 Å². The van der Waals surface area contributed by atoms with Gasteiger partial charge in [-0.1, -0.05) is 48.5 Å². The van der Waals surface area contributed by atoms with Crippen LogP contribution in [0.1, 0.15) is 35.1 Å². The summed E-state index contributed by atoms with van der Waals surface area (Å²) >= 11 is 0. The van der Waals surface area contributed by atoms with Gasteiger partial charge in [-0.15, -0.1) is 0 Å². The van der Waals surface area contributed by atoms with E-state index < -0.39 is 35.3 Å². The van der Waals surface area contributed by atoms with Crippen LogP contribution in [0.5, 0.6) is 0 Å². The highest BCUT2D eigenvalue weighted by molar-refractivity contribution is 6.00. The summed E-state index contributed by atoms with van der Waals surface area (Å²) in [6.45, 7) is 1.70. The zero-order valence-electron chi connectivity index (χ0n) is 13.1. The van der Waals surface area contributed by atoms with Gasteiger partial charge < -0.3 is 9.84 Å². The molecule has 2 aromatic carbocycles. The Hall–Kier alpha value is -2.46. The number of carbonyl (C=O) groups excluding carboxylic acids is 2. The molecule has 0 radical (unpaired) electrons. The summed E-state index contributed by atoms with van der Waals surface area (Å²) in [6, 6.07) is 15.7. The van der Waals surface area contributed by atoms with E-state index in [1.54, 1.807) is 6.92 Å².